The van der Waals surface area contributed by atoms with Gasteiger partial charge in [0.05, 0.1) is 5.56 Å². The molecule has 0 saturated heterocycles. The van der Waals surface area contributed by atoms with Crippen LogP contribution in [0.5, 0.6) is 0 Å². The summed E-state index contributed by atoms with van der Waals surface area (Å²) in [6, 6.07) is 18.7. The SMILES string of the molecule is Cc1cccc(/C=C/C(=O)Nc2ccccc2CNC(=O)c2cccnc2)c1. The zero-order valence-corrected chi connectivity index (χ0v) is 15.6. The molecular formula is C23H21N3O2. The average Bonchev–Trinajstić information content (AvgIpc) is 2.72. The summed E-state index contributed by atoms with van der Waals surface area (Å²) in [6.45, 7) is 2.30. The summed E-state index contributed by atoms with van der Waals surface area (Å²) < 4.78 is 0. The Hall–Kier alpha value is -3.73. The molecule has 0 fully saturated rings. The predicted molar refractivity (Wildman–Crippen MR) is 111 cm³/mol. The fourth-order valence-electron chi connectivity index (χ4n) is 2.69. The van der Waals surface area contributed by atoms with Gasteiger partial charge in [-0.25, -0.2) is 0 Å². The third-order valence-electron chi connectivity index (χ3n) is 4.11. The van der Waals surface area contributed by atoms with Gasteiger partial charge >= 0.3 is 0 Å². The van der Waals surface area contributed by atoms with Crippen molar-refractivity contribution in [1.82, 2.24) is 10.3 Å². The molecule has 3 rings (SSSR count). The normalized spacial score (nSPS) is 10.6. The topological polar surface area (TPSA) is 71.1 Å². The number of para-hydroxylation sites is 1. The monoisotopic (exact) mass is 371 g/mol. The Kier molecular flexibility index (Phi) is 6.31. The van der Waals surface area contributed by atoms with Crippen molar-refractivity contribution in [3.63, 3.8) is 0 Å². The molecule has 140 valence electrons. The summed E-state index contributed by atoms with van der Waals surface area (Å²) in [5.41, 5.74) is 4.07. The molecule has 1 aromatic heterocycles. The van der Waals surface area contributed by atoms with Gasteiger partial charge in [-0.3, -0.25) is 14.6 Å². The molecule has 3 aromatic rings. The number of carbonyl (C=O) groups excluding carboxylic acids is 2. The molecule has 5 nitrogen and oxygen atoms in total. The molecule has 0 saturated carbocycles. The van der Waals surface area contributed by atoms with Crippen LogP contribution in [-0.4, -0.2) is 16.8 Å². The molecule has 0 aliphatic rings. The van der Waals surface area contributed by atoms with Crippen LogP contribution in [0.15, 0.2) is 79.1 Å². The maximum absolute atomic E-state index is 12.3. The largest absolute Gasteiger partial charge is 0.348 e. The maximum Gasteiger partial charge on any atom is 0.253 e. The third kappa shape index (κ3) is 5.38. The zero-order valence-electron chi connectivity index (χ0n) is 15.6. The lowest BCUT2D eigenvalue weighted by Crippen LogP contribution is -2.23. The highest BCUT2D eigenvalue weighted by Gasteiger charge is 2.08. The van der Waals surface area contributed by atoms with E-state index in [0.717, 1.165) is 16.7 Å². The Morgan fingerprint density at radius 1 is 1.04 bits per heavy atom. The van der Waals surface area contributed by atoms with Gasteiger partial charge in [-0.05, 0) is 42.3 Å². The number of rotatable bonds is 6. The molecule has 1 heterocycles. The summed E-state index contributed by atoms with van der Waals surface area (Å²) >= 11 is 0. The Labute approximate surface area is 164 Å². The van der Waals surface area contributed by atoms with Crippen molar-refractivity contribution in [3.05, 3.63) is 101 Å². The molecule has 0 spiro atoms. The van der Waals surface area contributed by atoms with E-state index in [2.05, 4.69) is 15.6 Å². The molecule has 0 radical (unpaired) electrons. The van der Waals surface area contributed by atoms with E-state index in [1.807, 2.05) is 55.5 Å². The Morgan fingerprint density at radius 3 is 2.68 bits per heavy atom. The number of aromatic nitrogens is 1. The van der Waals surface area contributed by atoms with E-state index in [1.54, 1.807) is 24.4 Å². The Bertz CT molecular complexity index is 997. The van der Waals surface area contributed by atoms with Gasteiger partial charge in [0, 0.05) is 30.7 Å². The average molecular weight is 371 g/mol. The fourth-order valence-corrected chi connectivity index (χ4v) is 2.69. The van der Waals surface area contributed by atoms with Crippen LogP contribution in [0.2, 0.25) is 0 Å². The van der Waals surface area contributed by atoms with Crippen LogP contribution in [-0.2, 0) is 11.3 Å². The van der Waals surface area contributed by atoms with Crippen LogP contribution in [0.25, 0.3) is 6.08 Å². The smallest absolute Gasteiger partial charge is 0.253 e. The summed E-state index contributed by atoms with van der Waals surface area (Å²) in [6.07, 6.45) is 6.40. The lowest BCUT2D eigenvalue weighted by molar-refractivity contribution is -0.111. The van der Waals surface area contributed by atoms with E-state index in [1.165, 1.54) is 12.3 Å². The molecule has 5 heteroatoms. The second kappa shape index (κ2) is 9.28. The van der Waals surface area contributed by atoms with Crippen LogP contribution in [0.4, 0.5) is 5.69 Å². The van der Waals surface area contributed by atoms with E-state index >= 15 is 0 Å². The minimum Gasteiger partial charge on any atom is -0.348 e. The van der Waals surface area contributed by atoms with E-state index in [9.17, 15) is 9.59 Å². The lowest BCUT2D eigenvalue weighted by Gasteiger charge is -2.11. The first-order valence-electron chi connectivity index (χ1n) is 8.94. The summed E-state index contributed by atoms with van der Waals surface area (Å²) in [5.74, 6) is -0.443. The number of pyridine rings is 1. The maximum atomic E-state index is 12.3. The van der Waals surface area contributed by atoms with Crippen molar-refractivity contribution in [1.29, 1.82) is 0 Å². The van der Waals surface area contributed by atoms with Crippen molar-refractivity contribution in [2.45, 2.75) is 13.5 Å². The van der Waals surface area contributed by atoms with E-state index in [4.69, 9.17) is 0 Å². The first-order valence-corrected chi connectivity index (χ1v) is 8.94. The van der Waals surface area contributed by atoms with E-state index in [-0.39, 0.29) is 11.8 Å². The summed E-state index contributed by atoms with van der Waals surface area (Å²) in [5, 5.41) is 5.71. The molecule has 2 N–H and O–H groups in total. The van der Waals surface area contributed by atoms with Gasteiger partial charge in [-0.1, -0.05) is 48.0 Å². The van der Waals surface area contributed by atoms with Crippen molar-refractivity contribution in [3.8, 4) is 0 Å². The van der Waals surface area contributed by atoms with Crippen LogP contribution >= 0.6 is 0 Å². The highest BCUT2D eigenvalue weighted by molar-refractivity contribution is 6.02. The first kappa shape index (κ1) is 19.0. The number of amides is 2. The molecule has 28 heavy (non-hydrogen) atoms. The van der Waals surface area contributed by atoms with Gasteiger partial charge < -0.3 is 10.6 Å². The minimum absolute atomic E-state index is 0.214. The molecule has 0 aliphatic heterocycles. The van der Waals surface area contributed by atoms with Gasteiger partial charge in [0.2, 0.25) is 5.91 Å². The van der Waals surface area contributed by atoms with Gasteiger partial charge in [0.1, 0.15) is 0 Å². The number of benzene rings is 2. The highest BCUT2D eigenvalue weighted by atomic mass is 16.2. The number of aryl methyl sites for hydroxylation is 1. The lowest BCUT2D eigenvalue weighted by atomic mass is 10.1. The number of carbonyl (C=O) groups is 2. The van der Waals surface area contributed by atoms with Gasteiger partial charge in [-0.2, -0.15) is 0 Å². The molecule has 0 aliphatic carbocycles. The standard InChI is InChI=1S/C23H21N3O2/c1-17-6-4-7-18(14-17)11-12-22(27)26-21-10-3-2-8-19(21)16-25-23(28)20-9-5-13-24-15-20/h2-15H,16H2,1H3,(H,25,28)(H,26,27)/b12-11+. The molecule has 2 aromatic carbocycles. The van der Waals surface area contributed by atoms with Crippen LogP contribution in [0, 0.1) is 6.92 Å². The first-order chi connectivity index (χ1) is 13.6. The highest BCUT2D eigenvalue weighted by Crippen LogP contribution is 2.15. The number of hydrogen-bond acceptors (Lipinski definition) is 3. The molecule has 0 bridgehead atoms. The summed E-state index contributed by atoms with van der Waals surface area (Å²) in [7, 11) is 0. The van der Waals surface area contributed by atoms with Crippen LogP contribution in [0.3, 0.4) is 0 Å². The van der Waals surface area contributed by atoms with Crippen molar-refractivity contribution in [2.75, 3.05) is 5.32 Å². The second-order valence-electron chi connectivity index (χ2n) is 6.32. The molecule has 0 unspecified atom stereocenters. The molecule has 0 atom stereocenters. The third-order valence-corrected chi connectivity index (χ3v) is 4.11. The molecule has 2 amide bonds. The van der Waals surface area contributed by atoms with Gasteiger partial charge in [-0.15, -0.1) is 0 Å². The van der Waals surface area contributed by atoms with E-state index < -0.39 is 0 Å². The second-order valence-corrected chi connectivity index (χ2v) is 6.32. The number of nitrogens with one attached hydrogen (secondary N) is 2. The number of nitrogens with zero attached hydrogens (tertiary/aromatic N) is 1. The Morgan fingerprint density at radius 2 is 1.89 bits per heavy atom. The minimum atomic E-state index is -0.229. The number of anilines is 1. The van der Waals surface area contributed by atoms with E-state index in [0.29, 0.717) is 17.8 Å². The van der Waals surface area contributed by atoms with Crippen molar-refractivity contribution in [2.24, 2.45) is 0 Å². The number of hydrogen-bond donors (Lipinski definition) is 2. The van der Waals surface area contributed by atoms with Crippen LogP contribution < -0.4 is 10.6 Å². The van der Waals surface area contributed by atoms with Crippen molar-refractivity contribution < 1.29 is 9.59 Å². The quantitative estimate of drug-likeness (QED) is 0.644. The Balaban J connectivity index is 1.63. The van der Waals surface area contributed by atoms with Gasteiger partial charge in [0.15, 0.2) is 0 Å². The van der Waals surface area contributed by atoms with Gasteiger partial charge in [0.25, 0.3) is 5.91 Å². The van der Waals surface area contributed by atoms with Crippen LogP contribution in [0.1, 0.15) is 27.0 Å². The fraction of sp³-hybridized carbons (Fsp3) is 0.0870. The molecular weight excluding hydrogens is 350 g/mol. The van der Waals surface area contributed by atoms with Crippen molar-refractivity contribution >= 4 is 23.6 Å². The summed E-state index contributed by atoms with van der Waals surface area (Å²) in [4.78, 5) is 28.4. The predicted octanol–water partition coefficient (Wildman–Crippen LogP) is 3.97. The zero-order chi connectivity index (χ0) is 19.8.